The van der Waals surface area contributed by atoms with E-state index in [9.17, 15) is 4.39 Å². The molecule has 0 radical (unpaired) electrons. The van der Waals surface area contributed by atoms with Gasteiger partial charge in [-0.15, -0.1) is 0 Å². The van der Waals surface area contributed by atoms with Crippen LogP contribution in [0.15, 0.2) is 78.9 Å². The summed E-state index contributed by atoms with van der Waals surface area (Å²) >= 11 is 0. The molecule has 0 bridgehead atoms. The van der Waals surface area contributed by atoms with Crippen molar-refractivity contribution in [1.82, 2.24) is 9.88 Å². The molecule has 0 atom stereocenters. The van der Waals surface area contributed by atoms with Gasteiger partial charge in [0.25, 0.3) is 0 Å². The number of rotatable bonds is 11. The van der Waals surface area contributed by atoms with E-state index in [-0.39, 0.29) is 5.82 Å². The number of aryl methyl sites for hydroxylation is 3. The lowest BCUT2D eigenvalue weighted by molar-refractivity contribution is 0.254. The largest absolute Gasteiger partial charge is 0.496 e. The van der Waals surface area contributed by atoms with Gasteiger partial charge in [0, 0.05) is 42.5 Å². The highest BCUT2D eigenvalue weighted by Crippen LogP contribution is 2.33. The summed E-state index contributed by atoms with van der Waals surface area (Å²) in [6.45, 7) is 8.84. The molecule has 0 N–H and O–H groups in total. The molecule has 0 aliphatic heterocycles. The number of benzene rings is 3. The molecule has 4 heteroatoms. The number of hydrogen-bond donors (Lipinski definition) is 0. The first-order valence-corrected chi connectivity index (χ1v) is 13.2. The molecule has 0 fully saturated rings. The van der Waals surface area contributed by atoms with E-state index in [4.69, 9.17) is 9.72 Å². The molecule has 1 aromatic heterocycles. The summed E-state index contributed by atoms with van der Waals surface area (Å²) in [5, 5.41) is 0. The second kappa shape index (κ2) is 12.6. The van der Waals surface area contributed by atoms with Gasteiger partial charge in [-0.2, -0.15) is 0 Å². The van der Waals surface area contributed by atoms with Crippen LogP contribution >= 0.6 is 0 Å². The summed E-state index contributed by atoms with van der Waals surface area (Å²) in [5.41, 5.74) is 9.31. The predicted octanol–water partition coefficient (Wildman–Crippen LogP) is 7.57. The maximum Gasteiger partial charge on any atom is 0.127 e. The Bertz CT molecular complexity index is 1280. The molecule has 0 unspecified atom stereocenters. The van der Waals surface area contributed by atoms with Gasteiger partial charge in [0.15, 0.2) is 0 Å². The molecule has 0 saturated heterocycles. The van der Waals surface area contributed by atoms with E-state index < -0.39 is 0 Å². The van der Waals surface area contributed by atoms with Gasteiger partial charge >= 0.3 is 0 Å². The Morgan fingerprint density at radius 2 is 1.49 bits per heavy atom. The van der Waals surface area contributed by atoms with Crippen LogP contribution in [0.3, 0.4) is 0 Å². The molecule has 1 heterocycles. The molecule has 3 aromatic carbocycles. The van der Waals surface area contributed by atoms with Crippen molar-refractivity contribution >= 4 is 0 Å². The van der Waals surface area contributed by atoms with Crippen LogP contribution in [0.5, 0.6) is 5.75 Å². The molecular weight excluding hydrogens is 459 g/mol. The number of halogens is 1. The van der Waals surface area contributed by atoms with Gasteiger partial charge in [0.1, 0.15) is 11.6 Å². The topological polar surface area (TPSA) is 25.4 Å². The number of ether oxygens (including phenoxy) is 1. The predicted molar refractivity (Wildman–Crippen MR) is 150 cm³/mol. The second-order valence-electron chi connectivity index (χ2n) is 9.50. The molecule has 3 nitrogen and oxygen atoms in total. The summed E-state index contributed by atoms with van der Waals surface area (Å²) in [6, 6.07) is 26.0. The third-order valence-electron chi connectivity index (χ3n) is 7.03. The zero-order valence-corrected chi connectivity index (χ0v) is 22.4. The molecule has 0 spiro atoms. The summed E-state index contributed by atoms with van der Waals surface area (Å²) in [6.07, 6.45) is 2.76. The van der Waals surface area contributed by atoms with Crippen LogP contribution in [0.4, 0.5) is 4.39 Å². The van der Waals surface area contributed by atoms with Gasteiger partial charge < -0.3 is 4.74 Å². The Morgan fingerprint density at radius 3 is 2.11 bits per heavy atom. The molecule has 0 saturated carbocycles. The van der Waals surface area contributed by atoms with Gasteiger partial charge in [0.05, 0.1) is 12.8 Å². The quantitative estimate of drug-likeness (QED) is 0.214. The van der Waals surface area contributed by atoms with Crippen LogP contribution in [0.1, 0.15) is 47.4 Å². The molecule has 4 rings (SSSR count). The zero-order chi connectivity index (χ0) is 26.2. The van der Waals surface area contributed by atoms with Crippen LogP contribution in [-0.2, 0) is 32.4 Å². The fourth-order valence-electron chi connectivity index (χ4n) is 4.96. The third-order valence-corrected chi connectivity index (χ3v) is 7.03. The molecule has 0 amide bonds. The van der Waals surface area contributed by atoms with E-state index in [1.807, 2.05) is 18.2 Å². The number of methoxy groups -OCH3 is 1. The fourth-order valence-corrected chi connectivity index (χ4v) is 4.96. The molecule has 0 aliphatic rings. The molecular formula is C33H37FN2O. The fraction of sp³-hybridized carbons (Fsp3) is 0.303. The highest BCUT2D eigenvalue weighted by Gasteiger charge is 2.18. The maximum atomic E-state index is 13.4. The highest BCUT2D eigenvalue weighted by molar-refractivity contribution is 5.70. The number of hydrogen-bond acceptors (Lipinski definition) is 3. The van der Waals surface area contributed by atoms with Gasteiger partial charge in [-0.1, -0.05) is 74.5 Å². The van der Waals surface area contributed by atoms with Crippen LogP contribution in [-0.4, -0.2) is 23.5 Å². The third kappa shape index (κ3) is 6.64. The van der Waals surface area contributed by atoms with E-state index in [1.54, 1.807) is 7.11 Å². The van der Waals surface area contributed by atoms with Gasteiger partial charge in [-0.05, 0) is 60.6 Å². The van der Waals surface area contributed by atoms with Crippen LogP contribution in [0.2, 0.25) is 0 Å². The first-order chi connectivity index (χ1) is 18.0. The summed E-state index contributed by atoms with van der Waals surface area (Å²) in [4.78, 5) is 7.53. The monoisotopic (exact) mass is 496 g/mol. The smallest absolute Gasteiger partial charge is 0.127 e. The summed E-state index contributed by atoms with van der Waals surface area (Å²) in [5.74, 6) is 0.669. The number of nitrogens with zero attached hydrogens (tertiary/aromatic N) is 2. The van der Waals surface area contributed by atoms with Crippen molar-refractivity contribution in [2.45, 2.75) is 53.1 Å². The van der Waals surface area contributed by atoms with Crippen molar-refractivity contribution in [1.29, 1.82) is 0 Å². The van der Waals surface area contributed by atoms with Crippen molar-refractivity contribution in [2.75, 3.05) is 13.7 Å². The Morgan fingerprint density at radius 1 is 0.811 bits per heavy atom. The van der Waals surface area contributed by atoms with Crippen molar-refractivity contribution < 1.29 is 9.13 Å². The maximum absolute atomic E-state index is 13.4. The van der Waals surface area contributed by atoms with Crippen molar-refractivity contribution in [2.24, 2.45) is 0 Å². The van der Waals surface area contributed by atoms with Crippen LogP contribution < -0.4 is 4.74 Å². The average Bonchev–Trinajstić information content (AvgIpc) is 2.93. The lowest BCUT2D eigenvalue weighted by Gasteiger charge is -2.25. The van der Waals surface area contributed by atoms with Gasteiger partial charge in [0.2, 0.25) is 0 Å². The van der Waals surface area contributed by atoms with E-state index >= 15 is 0 Å². The summed E-state index contributed by atoms with van der Waals surface area (Å²) in [7, 11) is 1.74. The molecule has 4 aromatic rings. The second-order valence-corrected chi connectivity index (χ2v) is 9.50. The van der Waals surface area contributed by atoms with Crippen molar-refractivity contribution in [3.05, 3.63) is 118 Å². The first-order valence-electron chi connectivity index (χ1n) is 13.2. The highest BCUT2D eigenvalue weighted by atomic mass is 19.1. The SMILES string of the molecule is CCc1cccc(CC)c1-c1cc(OC)c(CN(CCc2ccc(F)cc2)Cc2ccccc2)c(C)n1. The zero-order valence-electron chi connectivity index (χ0n) is 22.4. The van der Waals surface area contributed by atoms with E-state index in [0.717, 1.165) is 60.6 Å². The van der Waals surface area contributed by atoms with E-state index in [1.165, 1.54) is 34.4 Å². The van der Waals surface area contributed by atoms with Crippen molar-refractivity contribution in [3.8, 4) is 17.0 Å². The standard InChI is InChI=1S/C33H37FN2O/c1-5-27-13-10-14-28(6-2)33(27)31-21-32(37-4)30(24(3)35-31)23-36(22-26-11-8-7-9-12-26)20-19-25-15-17-29(34)18-16-25/h7-18,21H,5-6,19-20,22-23H2,1-4H3. The van der Waals surface area contributed by atoms with Crippen LogP contribution in [0.25, 0.3) is 11.3 Å². The molecule has 0 aliphatic carbocycles. The minimum absolute atomic E-state index is 0.202. The lowest BCUT2D eigenvalue weighted by Crippen LogP contribution is -2.26. The minimum Gasteiger partial charge on any atom is -0.496 e. The van der Waals surface area contributed by atoms with E-state index in [0.29, 0.717) is 6.54 Å². The molecule has 37 heavy (non-hydrogen) atoms. The Balaban J connectivity index is 1.66. The Labute approximate surface area is 221 Å². The minimum atomic E-state index is -0.202. The summed E-state index contributed by atoms with van der Waals surface area (Å²) < 4.78 is 19.4. The van der Waals surface area contributed by atoms with E-state index in [2.05, 4.69) is 74.2 Å². The molecule has 192 valence electrons. The average molecular weight is 497 g/mol. The lowest BCUT2D eigenvalue weighted by atomic mass is 9.94. The van der Waals surface area contributed by atoms with Crippen LogP contribution in [0, 0.1) is 12.7 Å². The Kier molecular flexibility index (Phi) is 9.08. The van der Waals surface area contributed by atoms with Gasteiger partial charge in [-0.3, -0.25) is 9.88 Å². The normalized spacial score (nSPS) is 11.2. The number of aromatic nitrogens is 1. The van der Waals surface area contributed by atoms with Crippen molar-refractivity contribution in [3.63, 3.8) is 0 Å². The van der Waals surface area contributed by atoms with Gasteiger partial charge in [-0.25, -0.2) is 4.39 Å². The first kappa shape index (κ1) is 26.6. The Hall–Kier alpha value is -3.50. The number of pyridine rings is 1.